The molecule has 0 aromatic carbocycles. The fourth-order valence-electron chi connectivity index (χ4n) is 10.1. The highest BCUT2D eigenvalue weighted by Gasteiger charge is 2.83. The zero-order valence-corrected chi connectivity index (χ0v) is 28.0. The first-order chi connectivity index (χ1) is 24.5. The summed E-state index contributed by atoms with van der Waals surface area (Å²) in [7, 11) is 0. The van der Waals surface area contributed by atoms with Gasteiger partial charge in [0, 0.05) is 11.8 Å². The van der Waals surface area contributed by atoms with Crippen LogP contribution in [-0.2, 0) is 18.9 Å². The molecule has 0 amide bonds. The third-order valence-electron chi connectivity index (χ3n) is 12.6. The Bertz CT molecular complexity index is 1320. The molecule has 0 aromatic rings. The highest BCUT2D eigenvalue weighted by Crippen LogP contribution is 2.65. The van der Waals surface area contributed by atoms with Gasteiger partial charge in [0.1, 0.15) is 13.6 Å². The van der Waals surface area contributed by atoms with Crippen molar-refractivity contribution in [3.63, 3.8) is 0 Å². The van der Waals surface area contributed by atoms with Crippen LogP contribution in [0.25, 0.3) is 0 Å². The fraction of sp³-hybridized carbons (Fsp3) is 0.938. The minimum atomic E-state index is -6.86. The van der Waals surface area contributed by atoms with E-state index in [-0.39, 0.29) is 19.3 Å². The summed E-state index contributed by atoms with van der Waals surface area (Å²) in [4.78, 5) is 0. The third-order valence-corrected chi connectivity index (χ3v) is 12.6. The summed E-state index contributed by atoms with van der Waals surface area (Å²) >= 11 is 0. The van der Waals surface area contributed by atoms with Gasteiger partial charge in [-0.1, -0.05) is 31.4 Å². The number of alkyl halides is 18. The average Bonchev–Trinajstić information content (AvgIpc) is 3.80. The van der Waals surface area contributed by atoms with E-state index in [1.54, 1.807) is 0 Å². The lowest BCUT2D eigenvalue weighted by Gasteiger charge is -2.53. The van der Waals surface area contributed by atoms with Crippen molar-refractivity contribution >= 4 is 0 Å². The lowest BCUT2D eigenvalue weighted by Crippen LogP contribution is -2.72. The molecule has 4 fully saturated rings. The summed E-state index contributed by atoms with van der Waals surface area (Å²) in [6.07, 6.45) is -40.7. The van der Waals surface area contributed by atoms with E-state index >= 15 is 0 Å². The molecule has 54 heavy (non-hydrogen) atoms. The van der Waals surface area contributed by atoms with Gasteiger partial charge in [-0.15, -0.1) is 0 Å². The monoisotopic (exact) mass is 826 g/mol. The van der Waals surface area contributed by atoms with E-state index in [1.165, 1.54) is 6.08 Å². The van der Waals surface area contributed by atoms with Crippen molar-refractivity contribution in [3.8, 4) is 0 Å². The van der Waals surface area contributed by atoms with Crippen LogP contribution in [0.4, 0.5) is 79.0 Å². The van der Waals surface area contributed by atoms with Crippen LogP contribution in [0.15, 0.2) is 12.2 Å². The van der Waals surface area contributed by atoms with Gasteiger partial charge in [0.2, 0.25) is 0 Å². The lowest BCUT2D eigenvalue weighted by molar-refractivity contribution is -0.448. The summed E-state index contributed by atoms with van der Waals surface area (Å²) in [5.41, 5.74) is -17.2. The van der Waals surface area contributed by atoms with Gasteiger partial charge in [-0.25, -0.2) is 0 Å². The van der Waals surface area contributed by atoms with Crippen LogP contribution in [0, 0.1) is 46.3 Å². The van der Waals surface area contributed by atoms with Crippen molar-refractivity contribution in [2.45, 2.75) is 112 Å². The molecular formula is C32H36F18O4. The van der Waals surface area contributed by atoms with Gasteiger partial charge in [-0.3, -0.25) is 0 Å². The first-order valence-corrected chi connectivity index (χ1v) is 17.0. The van der Waals surface area contributed by atoms with E-state index in [4.69, 9.17) is 0 Å². The zero-order chi connectivity index (χ0) is 40.6. The van der Waals surface area contributed by atoms with Gasteiger partial charge in [-0.05, 0) is 68.6 Å². The van der Waals surface area contributed by atoms with Crippen LogP contribution in [0.3, 0.4) is 0 Å². The van der Waals surface area contributed by atoms with Crippen molar-refractivity contribution in [1.29, 1.82) is 0 Å². The van der Waals surface area contributed by atoms with Crippen molar-refractivity contribution in [3.05, 3.63) is 12.2 Å². The van der Waals surface area contributed by atoms with Crippen molar-refractivity contribution in [2.24, 2.45) is 46.3 Å². The second kappa shape index (κ2) is 14.0. The second-order valence-corrected chi connectivity index (χ2v) is 15.3. The minimum absolute atomic E-state index is 0.0171. The Hall–Kier alpha value is -1.68. The Morgan fingerprint density at radius 3 is 1.26 bits per heavy atom. The van der Waals surface area contributed by atoms with Crippen LogP contribution in [0.2, 0.25) is 0 Å². The summed E-state index contributed by atoms with van der Waals surface area (Å²) < 4.78 is 280. The number of hydrogen-bond acceptors (Lipinski definition) is 4. The predicted molar refractivity (Wildman–Crippen MR) is 147 cm³/mol. The maximum Gasteiger partial charge on any atom is 0.426 e. The molecule has 4 saturated carbocycles. The molecule has 4 nitrogen and oxygen atoms in total. The molecule has 0 aromatic heterocycles. The van der Waals surface area contributed by atoms with Gasteiger partial charge in [0.15, 0.2) is 0 Å². The number of rotatable bonds is 12. The van der Waals surface area contributed by atoms with E-state index < -0.39 is 160 Å². The number of fused-ring (bicyclic) bond motifs is 4. The first-order valence-electron chi connectivity index (χ1n) is 17.0. The molecule has 8 atom stereocenters. The molecule has 4 bridgehead atoms. The number of hydrogen-bond donors (Lipinski definition) is 0. The van der Waals surface area contributed by atoms with E-state index in [0.29, 0.717) is 6.42 Å². The Kier molecular flexibility index (Phi) is 11.3. The normalized spacial score (nSPS) is 34.0. The van der Waals surface area contributed by atoms with Crippen molar-refractivity contribution in [2.75, 3.05) is 26.8 Å². The van der Waals surface area contributed by atoms with Crippen LogP contribution in [-0.4, -0.2) is 75.1 Å². The molecule has 0 N–H and O–H groups in total. The molecule has 5 aliphatic carbocycles. The van der Waals surface area contributed by atoms with Crippen molar-refractivity contribution in [1.82, 2.24) is 0 Å². The molecule has 0 spiro atoms. The van der Waals surface area contributed by atoms with Crippen LogP contribution < -0.4 is 0 Å². The van der Waals surface area contributed by atoms with Crippen LogP contribution in [0.1, 0.15) is 64.2 Å². The number of halogens is 18. The number of ether oxygens (including phenoxy) is 4. The molecule has 0 radical (unpaired) electrons. The van der Waals surface area contributed by atoms with E-state index in [2.05, 4.69) is 18.9 Å². The molecule has 0 heterocycles. The first kappa shape index (κ1) is 43.4. The SMILES string of the molecule is FC(F)(F)C1(COCOC(C2CCCCC2C(OCOCC2(C(F)(F)F)CC3CCC2C3)(C(F)(F)F)C(F)(F)F)(C(F)(F)F)C(F)(F)F)CC2C=CC1C2. The van der Waals surface area contributed by atoms with Gasteiger partial charge in [0.05, 0.1) is 24.0 Å². The van der Waals surface area contributed by atoms with E-state index in [1.807, 2.05) is 0 Å². The molecule has 5 aliphatic rings. The predicted octanol–water partition coefficient (Wildman–Crippen LogP) is 11.0. The fourth-order valence-corrected chi connectivity index (χ4v) is 10.1. The Morgan fingerprint density at radius 2 is 0.944 bits per heavy atom. The van der Waals surface area contributed by atoms with Gasteiger partial charge >= 0.3 is 37.1 Å². The Labute approximate surface area is 296 Å². The second-order valence-electron chi connectivity index (χ2n) is 15.3. The summed E-state index contributed by atoms with van der Waals surface area (Å²) in [6, 6.07) is 0. The summed E-state index contributed by atoms with van der Waals surface area (Å²) in [6.45, 7) is -7.58. The smallest absolute Gasteiger partial charge is 0.354 e. The van der Waals surface area contributed by atoms with Crippen LogP contribution in [0.5, 0.6) is 0 Å². The van der Waals surface area contributed by atoms with Crippen molar-refractivity contribution < 1.29 is 98.0 Å². The molecule has 0 saturated heterocycles. The largest absolute Gasteiger partial charge is 0.426 e. The topological polar surface area (TPSA) is 36.9 Å². The maximum absolute atomic E-state index is 14.8. The zero-order valence-electron chi connectivity index (χ0n) is 28.0. The molecular weight excluding hydrogens is 790 g/mol. The van der Waals surface area contributed by atoms with E-state index in [0.717, 1.165) is 6.08 Å². The standard InChI is InChI=1S/C32H36F18O4/c33-27(34,35)23(11-17-5-7-19(23)9-17)13-51-15-53-25(29(39,40)41,30(42,43)44)21-3-1-2-4-22(21)26(31(45,46)47,32(48,49)50)54-16-52-14-24(28(36,37)38)12-18-6-8-20(24)10-18/h5,7,17-22H,1-4,6,8-16H2. The average molecular weight is 827 g/mol. The summed E-state index contributed by atoms with van der Waals surface area (Å²) in [5, 5.41) is 0. The maximum atomic E-state index is 14.8. The Morgan fingerprint density at radius 1 is 0.500 bits per heavy atom. The quantitative estimate of drug-likeness (QED) is 0.0850. The molecule has 0 aliphatic heterocycles. The van der Waals surface area contributed by atoms with Gasteiger partial charge < -0.3 is 18.9 Å². The lowest BCUT2D eigenvalue weighted by atomic mass is 9.62. The summed E-state index contributed by atoms with van der Waals surface area (Å²) in [5.74, 6) is -11.1. The highest BCUT2D eigenvalue weighted by molar-refractivity contribution is 5.18. The highest BCUT2D eigenvalue weighted by atomic mass is 19.4. The minimum Gasteiger partial charge on any atom is -0.354 e. The molecule has 8 unspecified atom stereocenters. The van der Waals surface area contributed by atoms with Gasteiger partial charge in [0.25, 0.3) is 11.2 Å². The molecule has 314 valence electrons. The van der Waals surface area contributed by atoms with Crippen LogP contribution >= 0.6 is 0 Å². The van der Waals surface area contributed by atoms with E-state index in [9.17, 15) is 79.0 Å². The molecule has 5 rings (SSSR count). The molecule has 22 heteroatoms. The Balaban J connectivity index is 1.47. The van der Waals surface area contributed by atoms with Gasteiger partial charge in [-0.2, -0.15) is 79.0 Å². The third kappa shape index (κ3) is 6.89. The number of allylic oxidation sites excluding steroid dienone is 2.